The van der Waals surface area contributed by atoms with Crippen molar-refractivity contribution in [3.8, 4) is 0 Å². The highest BCUT2D eigenvalue weighted by molar-refractivity contribution is 7.11. The lowest BCUT2D eigenvalue weighted by molar-refractivity contribution is 0.252. The van der Waals surface area contributed by atoms with Crippen LogP contribution in [-0.2, 0) is 18.4 Å². The van der Waals surface area contributed by atoms with E-state index in [4.69, 9.17) is 10.7 Å². The number of rotatable bonds is 4. The molecule has 0 unspecified atom stereocenters. The second kappa shape index (κ2) is 4.22. The number of hydrogen-bond acceptors (Lipinski definition) is 3. The molecule has 0 spiro atoms. The van der Waals surface area contributed by atoms with Crippen LogP contribution in [0.25, 0.3) is 0 Å². The fourth-order valence-corrected chi connectivity index (χ4v) is 3.28. The molecule has 1 aliphatic carbocycles. The number of aromatic nitrogens is 1. The van der Waals surface area contributed by atoms with Crippen LogP contribution in [0.5, 0.6) is 0 Å². The zero-order valence-corrected chi connectivity index (χ0v) is 10.5. The summed E-state index contributed by atoms with van der Waals surface area (Å²) in [5.74, 6) is 0. The smallest absolute Gasteiger partial charge is 0.113 e. The Morgan fingerprint density at radius 1 is 1.40 bits per heavy atom. The molecule has 2 N–H and O–H groups in total. The molecule has 2 rings (SSSR count). The van der Waals surface area contributed by atoms with E-state index < -0.39 is 0 Å². The summed E-state index contributed by atoms with van der Waals surface area (Å²) in [4.78, 5) is 6.21. The highest BCUT2D eigenvalue weighted by Crippen LogP contribution is 2.41. The van der Waals surface area contributed by atoms with Gasteiger partial charge >= 0.3 is 0 Å². The molecule has 0 radical (unpaired) electrons. The normalized spacial score (nSPS) is 18.9. The minimum atomic E-state index is -0.0689. The second-order valence-electron chi connectivity index (χ2n) is 4.50. The molecule has 84 valence electrons. The van der Waals surface area contributed by atoms with Gasteiger partial charge in [-0.3, -0.25) is 0 Å². The summed E-state index contributed by atoms with van der Waals surface area (Å²) in [6, 6.07) is 0. The molecule has 1 saturated carbocycles. The van der Waals surface area contributed by atoms with E-state index in [1.807, 2.05) is 11.3 Å². The highest BCUT2D eigenvalue weighted by Gasteiger charge is 2.37. The average Bonchev–Trinajstić information content (AvgIpc) is 2.58. The van der Waals surface area contributed by atoms with Gasteiger partial charge in [-0.05, 0) is 32.1 Å². The lowest BCUT2D eigenvalue weighted by Gasteiger charge is -2.35. The maximum Gasteiger partial charge on any atom is 0.113 e. The first kappa shape index (κ1) is 11.1. The molecule has 1 aromatic rings. The minimum absolute atomic E-state index is 0.0689. The van der Waals surface area contributed by atoms with Crippen LogP contribution in [0.15, 0.2) is 0 Å². The van der Waals surface area contributed by atoms with Gasteiger partial charge in [-0.25, -0.2) is 4.98 Å². The molecule has 3 heteroatoms. The van der Waals surface area contributed by atoms with Gasteiger partial charge in [0.25, 0.3) is 0 Å². The molecule has 0 saturated heterocycles. The monoisotopic (exact) mass is 224 g/mol. The van der Waals surface area contributed by atoms with Gasteiger partial charge in [-0.15, -0.1) is 11.3 Å². The van der Waals surface area contributed by atoms with Crippen molar-refractivity contribution in [2.45, 2.75) is 57.9 Å². The fourth-order valence-electron chi connectivity index (χ4n) is 2.08. The molecule has 0 aliphatic heterocycles. The minimum Gasteiger partial charge on any atom is -0.319 e. The van der Waals surface area contributed by atoms with Crippen LogP contribution in [0.2, 0.25) is 0 Å². The van der Waals surface area contributed by atoms with Gasteiger partial charge in [0, 0.05) is 4.88 Å². The van der Waals surface area contributed by atoms with Crippen molar-refractivity contribution in [2.75, 3.05) is 0 Å². The third kappa shape index (κ3) is 1.95. The van der Waals surface area contributed by atoms with E-state index in [1.165, 1.54) is 28.4 Å². The Hall–Kier alpha value is -0.410. The summed E-state index contributed by atoms with van der Waals surface area (Å²) in [5.41, 5.74) is 7.54. The van der Waals surface area contributed by atoms with E-state index in [0.29, 0.717) is 0 Å². The number of thiazole rings is 1. The van der Waals surface area contributed by atoms with Crippen molar-refractivity contribution in [1.82, 2.24) is 4.98 Å². The molecule has 1 aliphatic rings. The third-order valence-electron chi connectivity index (χ3n) is 3.26. The van der Waals surface area contributed by atoms with E-state index >= 15 is 0 Å². The number of aryl methyl sites for hydroxylation is 2. The molecule has 1 heterocycles. The van der Waals surface area contributed by atoms with Crippen LogP contribution in [0.4, 0.5) is 0 Å². The maximum atomic E-state index is 6.31. The number of hydrogen-bond donors (Lipinski definition) is 1. The average molecular weight is 224 g/mol. The van der Waals surface area contributed by atoms with Gasteiger partial charge in [0.1, 0.15) is 5.01 Å². The lowest BCUT2D eigenvalue weighted by Crippen LogP contribution is -2.43. The molecule has 15 heavy (non-hydrogen) atoms. The standard InChI is InChI=1S/C12H20N2S/c1-3-6-9-10(4-2)15-11(14-9)12(13)7-5-8-12/h3-8,13H2,1-2H3. The largest absolute Gasteiger partial charge is 0.319 e. The van der Waals surface area contributed by atoms with E-state index in [9.17, 15) is 0 Å². The van der Waals surface area contributed by atoms with Crippen LogP contribution in [-0.4, -0.2) is 4.98 Å². The molecule has 1 aromatic heterocycles. The molecule has 0 bridgehead atoms. The van der Waals surface area contributed by atoms with E-state index in [2.05, 4.69) is 13.8 Å². The van der Waals surface area contributed by atoms with Crippen LogP contribution >= 0.6 is 11.3 Å². The summed E-state index contributed by atoms with van der Waals surface area (Å²) < 4.78 is 0. The molecular formula is C12H20N2S. The Morgan fingerprint density at radius 2 is 2.13 bits per heavy atom. The van der Waals surface area contributed by atoms with Gasteiger partial charge in [-0.1, -0.05) is 20.3 Å². The van der Waals surface area contributed by atoms with Crippen molar-refractivity contribution in [1.29, 1.82) is 0 Å². The number of nitrogens with zero attached hydrogens (tertiary/aromatic N) is 1. The third-order valence-corrected chi connectivity index (χ3v) is 4.72. The Kier molecular flexibility index (Phi) is 3.12. The summed E-state index contributed by atoms with van der Waals surface area (Å²) in [6.07, 6.45) is 6.89. The van der Waals surface area contributed by atoms with Gasteiger partial charge in [-0.2, -0.15) is 0 Å². The van der Waals surface area contributed by atoms with E-state index in [-0.39, 0.29) is 5.54 Å². The predicted molar refractivity (Wildman–Crippen MR) is 65.2 cm³/mol. The quantitative estimate of drug-likeness (QED) is 0.854. The summed E-state index contributed by atoms with van der Waals surface area (Å²) >= 11 is 1.85. The Bertz CT molecular complexity index is 339. The van der Waals surface area contributed by atoms with Crippen LogP contribution in [0.3, 0.4) is 0 Å². The molecule has 1 fully saturated rings. The molecular weight excluding hydrogens is 204 g/mol. The topological polar surface area (TPSA) is 38.9 Å². The van der Waals surface area contributed by atoms with Gasteiger partial charge < -0.3 is 5.73 Å². The first-order valence-corrected chi connectivity index (χ1v) is 6.79. The van der Waals surface area contributed by atoms with E-state index in [0.717, 1.165) is 25.7 Å². The fraction of sp³-hybridized carbons (Fsp3) is 0.750. The summed E-state index contributed by atoms with van der Waals surface area (Å²) in [7, 11) is 0. The van der Waals surface area contributed by atoms with Crippen molar-refractivity contribution >= 4 is 11.3 Å². The Morgan fingerprint density at radius 3 is 2.60 bits per heavy atom. The first-order chi connectivity index (χ1) is 7.19. The van der Waals surface area contributed by atoms with Crippen LogP contribution < -0.4 is 5.73 Å². The Balaban J connectivity index is 2.25. The van der Waals surface area contributed by atoms with Gasteiger partial charge in [0.2, 0.25) is 0 Å². The summed E-state index contributed by atoms with van der Waals surface area (Å²) in [5, 5.41) is 1.19. The zero-order valence-electron chi connectivity index (χ0n) is 9.68. The second-order valence-corrected chi connectivity index (χ2v) is 5.59. The first-order valence-electron chi connectivity index (χ1n) is 5.97. The highest BCUT2D eigenvalue weighted by atomic mass is 32.1. The lowest BCUT2D eigenvalue weighted by atomic mass is 9.78. The number of nitrogens with two attached hydrogens (primary N) is 1. The van der Waals surface area contributed by atoms with Crippen molar-refractivity contribution in [2.24, 2.45) is 5.73 Å². The van der Waals surface area contributed by atoms with E-state index in [1.54, 1.807) is 0 Å². The van der Waals surface area contributed by atoms with Crippen molar-refractivity contribution in [3.63, 3.8) is 0 Å². The van der Waals surface area contributed by atoms with Crippen molar-refractivity contribution in [3.05, 3.63) is 15.6 Å². The predicted octanol–water partition coefficient (Wildman–Crippen LogP) is 3.00. The molecule has 0 atom stereocenters. The molecule has 0 amide bonds. The van der Waals surface area contributed by atoms with Gasteiger partial charge in [0.15, 0.2) is 0 Å². The molecule has 0 aromatic carbocycles. The van der Waals surface area contributed by atoms with Crippen molar-refractivity contribution < 1.29 is 0 Å². The Labute approximate surface area is 95.9 Å². The van der Waals surface area contributed by atoms with Crippen LogP contribution in [0.1, 0.15) is 55.1 Å². The summed E-state index contributed by atoms with van der Waals surface area (Å²) in [6.45, 7) is 4.42. The molecule has 2 nitrogen and oxygen atoms in total. The van der Waals surface area contributed by atoms with Crippen LogP contribution in [0, 0.1) is 0 Å². The SMILES string of the molecule is CCCc1nc(C2(N)CCC2)sc1CC. The zero-order chi connectivity index (χ0) is 10.9. The van der Waals surface area contributed by atoms with Gasteiger partial charge in [0.05, 0.1) is 11.2 Å². The maximum absolute atomic E-state index is 6.31.